The Bertz CT molecular complexity index is 2860. The van der Waals surface area contributed by atoms with Gasteiger partial charge in [-0.15, -0.1) is 0 Å². The van der Waals surface area contributed by atoms with E-state index in [2.05, 4.69) is 141 Å². The summed E-state index contributed by atoms with van der Waals surface area (Å²) in [6.45, 7) is 0. The van der Waals surface area contributed by atoms with Crippen LogP contribution in [0.3, 0.4) is 0 Å². The van der Waals surface area contributed by atoms with E-state index in [1.807, 2.05) is 0 Å². The Kier molecular flexibility index (Phi) is 8.32. The first kappa shape index (κ1) is 37.5. The van der Waals surface area contributed by atoms with Gasteiger partial charge in [-0.3, -0.25) is 0 Å². The Morgan fingerprint density at radius 2 is 1.03 bits per heavy atom. The van der Waals surface area contributed by atoms with Gasteiger partial charge in [-0.1, -0.05) is 97.2 Å². The van der Waals surface area contributed by atoms with Gasteiger partial charge in [-0.25, -0.2) is 0 Å². The molecule has 0 aromatic carbocycles. The van der Waals surface area contributed by atoms with Crippen molar-refractivity contribution in [3.8, 4) is 0 Å². The van der Waals surface area contributed by atoms with E-state index >= 15 is 0 Å². The zero-order valence-electron chi connectivity index (χ0n) is 37.7. The highest BCUT2D eigenvalue weighted by molar-refractivity contribution is 5.73. The topological polar surface area (TPSA) is 26.1 Å². The smallest absolute Gasteiger partial charge is 0.112 e. The fourth-order valence-electron chi connectivity index (χ4n) is 15.3. The molecule has 0 spiro atoms. The van der Waals surface area contributed by atoms with Crippen LogP contribution in [0.4, 0.5) is 0 Å². The van der Waals surface area contributed by atoms with Gasteiger partial charge < -0.3 is 24.0 Å². The highest BCUT2D eigenvalue weighted by Gasteiger charge is 2.53. The van der Waals surface area contributed by atoms with Crippen LogP contribution in [-0.2, 0) is 12.8 Å². The molecule has 0 radical (unpaired) electrons. The van der Waals surface area contributed by atoms with Gasteiger partial charge in [0.1, 0.15) is 11.5 Å². The van der Waals surface area contributed by atoms with Gasteiger partial charge in [0, 0.05) is 93.9 Å². The van der Waals surface area contributed by atoms with Gasteiger partial charge in [0.05, 0.1) is 23.5 Å². The third-order valence-electron chi connectivity index (χ3n) is 17.9. The molecule has 4 aliphatic heterocycles. The third kappa shape index (κ3) is 5.39. The number of hydrogen-bond donors (Lipinski definition) is 0. The highest BCUT2D eigenvalue weighted by Crippen LogP contribution is 2.59. The summed E-state index contributed by atoms with van der Waals surface area (Å²) >= 11 is 0. The normalized spacial score (nSPS) is 34.2. The minimum absolute atomic E-state index is 0.253. The van der Waals surface area contributed by atoms with Crippen LogP contribution in [0.25, 0.3) is 12.2 Å². The molecule has 0 bridgehead atoms. The molecule has 8 unspecified atom stereocenters. The summed E-state index contributed by atoms with van der Waals surface area (Å²) in [4.78, 5) is 11.4. The molecule has 0 saturated heterocycles. The van der Waals surface area contributed by atoms with Crippen LogP contribution in [0.2, 0.25) is 0 Å². The van der Waals surface area contributed by atoms with E-state index in [9.17, 15) is 0 Å². The second kappa shape index (κ2) is 14.4. The summed E-state index contributed by atoms with van der Waals surface area (Å²) < 4.78 is 6.63. The fourth-order valence-corrected chi connectivity index (χ4v) is 15.3. The second-order valence-corrected chi connectivity index (χ2v) is 21.0. The Labute approximate surface area is 385 Å². The molecule has 1 aromatic rings. The van der Waals surface area contributed by atoms with E-state index in [-0.39, 0.29) is 12.1 Å². The minimum Gasteiger partial charge on any atom is -0.465 e. The van der Waals surface area contributed by atoms with Gasteiger partial charge in [0.15, 0.2) is 0 Å². The first-order chi connectivity index (χ1) is 32.3. The Morgan fingerprint density at radius 1 is 0.446 bits per heavy atom. The lowest BCUT2D eigenvalue weighted by molar-refractivity contribution is 0.278. The summed E-state index contributed by atoms with van der Waals surface area (Å²) in [5.41, 5.74) is 21.2. The lowest BCUT2D eigenvalue weighted by Crippen LogP contribution is -2.40. The zero-order valence-corrected chi connectivity index (χ0v) is 37.7. The average molecular weight is 853 g/mol. The van der Waals surface area contributed by atoms with Gasteiger partial charge in [-0.2, -0.15) is 0 Å². The summed E-state index contributed by atoms with van der Waals surface area (Å²) in [5, 5.41) is 0. The number of aryl methyl sites for hydroxylation is 2. The van der Waals surface area contributed by atoms with Crippen LogP contribution in [0.1, 0.15) is 113 Å². The van der Waals surface area contributed by atoms with Crippen LogP contribution in [0.15, 0.2) is 182 Å². The molecule has 5 heterocycles. The van der Waals surface area contributed by atoms with Crippen LogP contribution in [-0.4, -0.2) is 43.8 Å². The summed E-state index contributed by atoms with van der Waals surface area (Å²) in [6.07, 6.45) is 67.9. The number of nitrogens with zero attached hydrogens (tertiary/aromatic N) is 4. The van der Waals surface area contributed by atoms with E-state index < -0.39 is 0 Å². The molecule has 8 atom stereocenters. The fraction of sp³-hybridized carbons (Fsp3) is 0.400. The van der Waals surface area contributed by atoms with Crippen molar-refractivity contribution in [2.75, 3.05) is 0 Å². The molecule has 15 rings (SSSR count). The maximum atomic E-state index is 6.63. The molecular weight excluding hydrogens is 793 g/mol. The predicted molar refractivity (Wildman–Crippen MR) is 261 cm³/mol. The van der Waals surface area contributed by atoms with Crippen molar-refractivity contribution >= 4 is 12.2 Å². The molecule has 5 nitrogen and oxygen atoms in total. The first-order valence-corrected chi connectivity index (χ1v) is 25.7. The average Bonchev–Trinajstić information content (AvgIpc) is 4.16. The van der Waals surface area contributed by atoms with Gasteiger partial charge in [0.25, 0.3) is 0 Å². The van der Waals surface area contributed by atoms with Crippen LogP contribution in [0.5, 0.6) is 0 Å². The standard InChI is InChI=1S/C60H60N4O/c1-2-14-37(15-3-1)63-55-31-26-38(61-51-21-9-4-16-41(51)42-17-5-10-22-52(42)61)34-48(55)46-29-30-47-49-35-39(62-53-23-11-6-18-43(53)44-19-7-12-24-54(44)62)27-32-56(49)64(60(47)59(46)63)40-28-33-58-50(36-40)45-20-8-13-25-57(45)65-58/h1-2,4-8,14,16-20,26-27,31-32,34-36,41,43,48-49,51,53,55-56H,3,9-13,15,21-25,28-30,33H2. The molecule has 0 saturated carbocycles. The van der Waals surface area contributed by atoms with E-state index in [0.29, 0.717) is 35.8 Å². The van der Waals surface area contributed by atoms with E-state index in [0.717, 1.165) is 77.0 Å². The van der Waals surface area contributed by atoms with E-state index in [1.165, 1.54) is 82.5 Å². The lowest BCUT2D eigenvalue weighted by Gasteiger charge is -2.41. The van der Waals surface area contributed by atoms with Crippen molar-refractivity contribution in [2.45, 2.75) is 127 Å². The number of hydrogen-bond acceptors (Lipinski definition) is 5. The van der Waals surface area contributed by atoms with Gasteiger partial charge in [-0.05, 0) is 136 Å². The quantitative estimate of drug-likeness (QED) is 0.281. The molecule has 1 aromatic heterocycles. The van der Waals surface area contributed by atoms with Crippen molar-refractivity contribution < 1.29 is 4.42 Å². The monoisotopic (exact) mass is 852 g/mol. The van der Waals surface area contributed by atoms with Gasteiger partial charge >= 0.3 is 0 Å². The predicted octanol–water partition coefficient (Wildman–Crippen LogP) is 13.1. The molecule has 0 N–H and O–H groups in total. The Morgan fingerprint density at radius 3 is 1.66 bits per heavy atom. The van der Waals surface area contributed by atoms with E-state index in [1.54, 1.807) is 33.7 Å². The molecule has 0 amide bonds. The number of rotatable bonds is 4. The van der Waals surface area contributed by atoms with Crippen molar-refractivity contribution in [2.24, 2.45) is 23.7 Å². The van der Waals surface area contributed by atoms with Crippen LogP contribution < -0.4 is 0 Å². The zero-order chi connectivity index (χ0) is 42.3. The second-order valence-electron chi connectivity index (χ2n) is 21.0. The van der Waals surface area contributed by atoms with Crippen LogP contribution >= 0.6 is 0 Å². The molecule has 0 fully saturated rings. The molecule has 326 valence electrons. The van der Waals surface area contributed by atoms with Crippen molar-refractivity contribution in [3.63, 3.8) is 0 Å². The van der Waals surface area contributed by atoms with E-state index in [4.69, 9.17) is 4.42 Å². The minimum atomic E-state index is 0.253. The number of furan rings is 1. The molecular formula is C60H60N4O. The van der Waals surface area contributed by atoms with Crippen molar-refractivity contribution in [1.29, 1.82) is 0 Å². The summed E-state index contributed by atoms with van der Waals surface area (Å²) in [7, 11) is 0. The maximum absolute atomic E-state index is 6.63. The summed E-state index contributed by atoms with van der Waals surface area (Å²) in [5.74, 6) is 4.08. The summed E-state index contributed by atoms with van der Waals surface area (Å²) in [6, 6.07) is 1.58. The van der Waals surface area contributed by atoms with Crippen molar-refractivity contribution in [1.82, 2.24) is 19.6 Å². The maximum Gasteiger partial charge on any atom is 0.112 e. The first-order valence-electron chi connectivity index (χ1n) is 25.7. The molecule has 10 aliphatic carbocycles. The van der Waals surface area contributed by atoms with Crippen LogP contribution in [0, 0.1) is 23.7 Å². The Hall–Kier alpha value is -5.68. The number of fused-ring (bicyclic) bond motifs is 12. The van der Waals surface area contributed by atoms with Gasteiger partial charge in [0.2, 0.25) is 0 Å². The third-order valence-corrected chi connectivity index (χ3v) is 17.9. The van der Waals surface area contributed by atoms with Crippen molar-refractivity contribution in [3.05, 3.63) is 200 Å². The highest BCUT2D eigenvalue weighted by atomic mass is 16.3. The Balaban J connectivity index is 0.894. The number of allylic oxidation sites excluding steroid dienone is 16. The molecule has 14 aliphatic rings. The largest absolute Gasteiger partial charge is 0.465 e. The molecule has 65 heavy (non-hydrogen) atoms. The molecule has 5 heteroatoms. The lowest BCUT2D eigenvalue weighted by atomic mass is 9.80. The SMILES string of the molecule is C1=CCCC(N2C3=C(CCC4=C3N(C3=Cc5c(oc6c5C=CCC6)CC3)C3C=CC(N5C6=C(C=CCC6)C6C=CCCC65)=CC43)C3C=C(N4C5=C(C=CCC5)C5C=CCCC54)C=CC32)=C1.